The molecule has 0 aliphatic rings. The molecule has 3 aromatic rings. The number of rotatable bonds is 6. The molecule has 2 aromatic carbocycles. The third-order valence-corrected chi connectivity index (χ3v) is 4.49. The van der Waals surface area contributed by atoms with Crippen LogP contribution in [-0.2, 0) is 7.05 Å². The van der Waals surface area contributed by atoms with Gasteiger partial charge in [-0.3, -0.25) is 14.3 Å². The van der Waals surface area contributed by atoms with Gasteiger partial charge in [0.05, 0.1) is 18.0 Å². The molecule has 0 spiro atoms. The molecular weight excluding hydrogens is 354 g/mol. The lowest BCUT2D eigenvalue weighted by atomic mass is 10.2. The van der Waals surface area contributed by atoms with E-state index in [1.54, 1.807) is 42.9 Å². The molecule has 0 radical (unpaired) electrons. The van der Waals surface area contributed by atoms with Crippen LogP contribution in [0.25, 0.3) is 5.69 Å². The van der Waals surface area contributed by atoms with Gasteiger partial charge in [0.25, 0.3) is 11.5 Å². The maximum atomic E-state index is 12.9. The van der Waals surface area contributed by atoms with Crippen molar-refractivity contribution in [2.24, 2.45) is 13.0 Å². The van der Waals surface area contributed by atoms with Crippen LogP contribution >= 0.6 is 0 Å². The molecular formula is C22H25N3O3. The van der Waals surface area contributed by atoms with E-state index in [0.717, 1.165) is 5.69 Å². The number of ether oxygens (including phenoxy) is 1. The number of aromatic nitrogens is 2. The minimum atomic E-state index is -0.332. The zero-order chi connectivity index (χ0) is 20.3. The Balaban J connectivity index is 1.82. The van der Waals surface area contributed by atoms with Crippen molar-refractivity contribution < 1.29 is 9.53 Å². The van der Waals surface area contributed by atoms with E-state index in [1.165, 1.54) is 4.68 Å². The summed E-state index contributed by atoms with van der Waals surface area (Å²) in [5.74, 6) is 0.810. The van der Waals surface area contributed by atoms with Gasteiger partial charge in [0.2, 0.25) is 0 Å². The molecule has 1 aromatic heterocycles. The fourth-order valence-corrected chi connectivity index (χ4v) is 2.86. The van der Waals surface area contributed by atoms with Crippen LogP contribution in [0.1, 0.15) is 29.9 Å². The summed E-state index contributed by atoms with van der Waals surface area (Å²) in [6, 6.07) is 16.2. The molecule has 0 unspecified atom stereocenters. The van der Waals surface area contributed by atoms with Crippen LogP contribution in [0.5, 0.6) is 5.75 Å². The Morgan fingerprint density at radius 1 is 1.07 bits per heavy atom. The topological polar surface area (TPSA) is 65.3 Å². The third kappa shape index (κ3) is 4.01. The first kappa shape index (κ1) is 19.5. The summed E-state index contributed by atoms with van der Waals surface area (Å²) < 4.78 is 8.91. The molecule has 0 atom stereocenters. The van der Waals surface area contributed by atoms with Crippen LogP contribution < -0.4 is 15.6 Å². The van der Waals surface area contributed by atoms with Gasteiger partial charge >= 0.3 is 0 Å². The summed E-state index contributed by atoms with van der Waals surface area (Å²) in [5.41, 5.74) is 1.89. The zero-order valence-corrected chi connectivity index (χ0v) is 16.6. The number of hydrogen-bond donors (Lipinski definition) is 1. The second-order valence-electron chi connectivity index (χ2n) is 7.12. The van der Waals surface area contributed by atoms with Gasteiger partial charge in [-0.05, 0) is 49.2 Å². The molecule has 146 valence electrons. The van der Waals surface area contributed by atoms with Gasteiger partial charge in [0.1, 0.15) is 11.4 Å². The van der Waals surface area contributed by atoms with Gasteiger partial charge in [0.15, 0.2) is 0 Å². The largest absolute Gasteiger partial charge is 0.493 e. The summed E-state index contributed by atoms with van der Waals surface area (Å²) in [6.45, 7) is 6.57. The maximum absolute atomic E-state index is 12.9. The first-order valence-corrected chi connectivity index (χ1v) is 9.26. The summed E-state index contributed by atoms with van der Waals surface area (Å²) >= 11 is 0. The Morgan fingerprint density at radius 3 is 2.32 bits per heavy atom. The lowest BCUT2D eigenvalue weighted by Gasteiger charge is -2.09. The van der Waals surface area contributed by atoms with Crippen molar-refractivity contribution in [3.8, 4) is 11.4 Å². The highest BCUT2D eigenvalue weighted by atomic mass is 16.5. The second-order valence-corrected chi connectivity index (χ2v) is 7.12. The van der Waals surface area contributed by atoms with Crippen LogP contribution in [0.4, 0.5) is 5.69 Å². The Hall–Kier alpha value is -3.28. The molecule has 1 heterocycles. The molecule has 0 saturated carbocycles. The van der Waals surface area contributed by atoms with Gasteiger partial charge in [-0.25, -0.2) is 4.68 Å². The smallest absolute Gasteiger partial charge is 0.295 e. The Labute approximate surface area is 164 Å². The molecule has 0 aliphatic carbocycles. The number of nitrogens with zero attached hydrogens (tertiary/aromatic N) is 2. The average Bonchev–Trinajstić information content (AvgIpc) is 2.90. The van der Waals surface area contributed by atoms with Gasteiger partial charge < -0.3 is 10.1 Å². The van der Waals surface area contributed by atoms with E-state index >= 15 is 0 Å². The van der Waals surface area contributed by atoms with Crippen molar-refractivity contribution in [1.29, 1.82) is 0 Å². The van der Waals surface area contributed by atoms with E-state index in [0.29, 0.717) is 29.5 Å². The SMILES string of the molecule is Cc1c(NC(=O)c2ccc(OCC(C)C)cc2)c(=O)n(-c2ccccc2)n1C. The van der Waals surface area contributed by atoms with Crippen molar-refractivity contribution in [3.63, 3.8) is 0 Å². The predicted octanol–water partition coefficient (Wildman–Crippen LogP) is 3.77. The fraction of sp³-hybridized carbons (Fsp3) is 0.273. The minimum Gasteiger partial charge on any atom is -0.493 e. The highest BCUT2D eigenvalue weighted by molar-refractivity contribution is 6.04. The maximum Gasteiger partial charge on any atom is 0.295 e. The summed E-state index contributed by atoms with van der Waals surface area (Å²) in [7, 11) is 1.79. The van der Waals surface area contributed by atoms with Crippen molar-refractivity contribution >= 4 is 11.6 Å². The molecule has 0 bridgehead atoms. The van der Waals surface area contributed by atoms with Crippen LogP contribution in [0.2, 0.25) is 0 Å². The molecule has 0 fully saturated rings. The van der Waals surface area contributed by atoms with Crippen molar-refractivity contribution in [2.45, 2.75) is 20.8 Å². The van der Waals surface area contributed by atoms with Gasteiger partial charge in [-0.2, -0.15) is 0 Å². The van der Waals surface area contributed by atoms with E-state index < -0.39 is 0 Å². The molecule has 28 heavy (non-hydrogen) atoms. The first-order chi connectivity index (χ1) is 13.4. The molecule has 1 amide bonds. The van der Waals surface area contributed by atoms with E-state index in [-0.39, 0.29) is 17.2 Å². The van der Waals surface area contributed by atoms with Crippen LogP contribution in [0, 0.1) is 12.8 Å². The van der Waals surface area contributed by atoms with Crippen molar-refractivity contribution in [2.75, 3.05) is 11.9 Å². The van der Waals surface area contributed by atoms with Gasteiger partial charge in [0, 0.05) is 12.6 Å². The number of amides is 1. The number of benzene rings is 2. The Kier molecular flexibility index (Phi) is 5.68. The number of para-hydroxylation sites is 1. The van der Waals surface area contributed by atoms with Crippen LogP contribution in [0.3, 0.4) is 0 Å². The Morgan fingerprint density at radius 2 is 1.71 bits per heavy atom. The molecule has 6 nitrogen and oxygen atoms in total. The summed E-state index contributed by atoms with van der Waals surface area (Å²) in [4.78, 5) is 25.5. The number of nitrogens with one attached hydrogen (secondary N) is 1. The van der Waals surface area contributed by atoms with Crippen LogP contribution in [0.15, 0.2) is 59.4 Å². The number of hydrogen-bond acceptors (Lipinski definition) is 3. The zero-order valence-electron chi connectivity index (χ0n) is 16.6. The van der Waals surface area contributed by atoms with Crippen LogP contribution in [-0.4, -0.2) is 21.9 Å². The monoisotopic (exact) mass is 379 g/mol. The fourth-order valence-electron chi connectivity index (χ4n) is 2.86. The number of carbonyl (C=O) groups is 1. The number of carbonyl (C=O) groups excluding carboxylic acids is 1. The quantitative estimate of drug-likeness (QED) is 0.709. The van der Waals surface area contributed by atoms with E-state index in [9.17, 15) is 9.59 Å². The summed E-state index contributed by atoms with van der Waals surface area (Å²) in [5, 5.41) is 2.76. The number of anilines is 1. The summed E-state index contributed by atoms with van der Waals surface area (Å²) in [6.07, 6.45) is 0. The van der Waals surface area contributed by atoms with E-state index in [1.807, 2.05) is 30.3 Å². The van der Waals surface area contributed by atoms with E-state index in [2.05, 4.69) is 19.2 Å². The van der Waals surface area contributed by atoms with Crippen molar-refractivity contribution in [1.82, 2.24) is 9.36 Å². The van der Waals surface area contributed by atoms with Gasteiger partial charge in [-0.15, -0.1) is 0 Å². The standard InChI is InChI=1S/C22H25N3O3/c1-15(2)14-28-19-12-10-17(11-13-19)21(26)23-20-16(3)24(4)25(22(20)27)18-8-6-5-7-9-18/h5-13,15H,14H2,1-4H3,(H,23,26). The minimum absolute atomic E-state index is 0.267. The second kappa shape index (κ2) is 8.17. The third-order valence-electron chi connectivity index (χ3n) is 4.49. The normalized spacial score (nSPS) is 10.9. The Bertz CT molecular complexity index is 1020. The molecule has 6 heteroatoms. The predicted molar refractivity (Wildman–Crippen MR) is 110 cm³/mol. The lowest BCUT2D eigenvalue weighted by Crippen LogP contribution is -2.22. The first-order valence-electron chi connectivity index (χ1n) is 9.26. The average molecular weight is 379 g/mol. The lowest BCUT2D eigenvalue weighted by molar-refractivity contribution is 0.102. The molecule has 3 rings (SSSR count). The van der Waals surface area contributed by atoms with Gasteiger partial charge in [-0.1, -0.05) is 32.0 Å². The van der Waals surface area contributed by atoms with E-state index in [4.69, 9.17) is 4.74 Å². The highest BCUT2D eigenvalue weighted by Gasteiger charge is 2.18. The van der Waals surface area contributed by atoms with Crippen molar-refractivity contribution in [3.05, 3.63) is 76.2 Å². The molecule has 0 saturated heterocycles. The molecule has 0 aliphatic heterocycles. The molecule has 1 N–H and O–H groups in total. The highest BCUT2D eigenvalue weighted by Crippen LogP contribution is 2.17.